The Morgan fingerprint density at radius 2 is 2.20 bits per heavy atom. The first-order valence-corrected chi connectivity index (χ1v) is 2.73. The fourth-order valence-electron chi connectivity index (χ4n) is 0.325. The molecule has 0 aromatic rings. The summed E-state index contributed by atoms with van der Waals surface area (Å²) in [5, 5.41) is 8.16. The fraction of sp³-hybridized carbons (Fsp3) is 0.500. The van der Waals surface area contributed by atoms with Crippen LogP contribution in [0.25, 0.3) is 0 Å². The topological polar surface area (TPSA) is 49.8 Å². The van der Waals surface area contributed by atoms with Gasteiger partial charge >= 0.3 is 5.97 Å². The Balaban J connectivity index is 3.83. The van der Waals surface area contributed by atoms with E-state index in [1.54, 1.807) is 14.1 Å². The normalized spacial score (nSPS) is 8.70. The van der Waals surface area contributed by atoms with Gasteiger partial charge in [0, 0.05) is 14.1 Å². The highest BCUT2D eigenvalue weighted by atomic mass is 16.6. The number of esters is 1. The lowest BCUT2D eigenvalue weighted by Gasteiger charge is -2.12. The lowest BCUT2D eigenvalue weighted by Crippen LogP contribution is -2.20. The second kappa shape index (κ2) is 3.90. The molecule has 4 nitrogen and oxygen atoms in total. The van der Waals surface area contributed by atoms with Crippen LogP contribution in [-0.2, 0) is 9.53 Å². The van der Waals surface area contributed by atoms with Gasteiger partial charge in [0.25, 0.3) is 0 Å². The van der Waals surface area contributed by atoms with Crippen LogP contribution in [0.2, 0.25) is 0 Å². The van der Waals surface area contributed by atoms with Gasteiger partial charge in [0.15, 0.2) is 6.79 Å². The van der Waals surface area contributed by atoms with Crippen molar-refractivity contribution >= 4 is 5.97 Å². The van der Waals surface area contributed by atoms with Gasteiger partial charge in [-0.2, -0.15) is 0 Å². The summed E-state index contributed by atoms with van der Waals surface area (Å²) in [7, 11) is 3.34. The molecule has 0 bridgehead atoms. The van der Waals surface area contributed by atoms with Crippen molar-refractivity contribution in [2.75, 3.05) is 20.9 Å². The number of aliphatic hydroxyl groups excluding tert-OH is 1. The van der Waals surface area contributed by atoms with E-state index in [9.17, 15) is 4.79 Å². The summed E-state index contributed by atoms with van der Waals surface area (Å²) in [6, 6.07) is 0. The Kier molecular flexibility index (Phi) is 3.49. The SMILES string of the molecule is C=C(C(=O)OCO)N(C)C. The smallest absolute Gasteiger partial charge is 0.356 e. The first kappa shape index (κ1) is 8.97. The van der Waals surface area contributed by atoms with Crippen LogP contribution in [0.1, 0.15) is 0 Å². The summed E-state index contributed by atoms with van der Waals surface area (Å²) in [5.74, 6) is -0.604. The van der Waals surface area contributed by atoms with Gasteiger partial charge in [0.1, 0.15) is 5.70 Å². The van der Waals surface area contributed by atoms with Crippen molar-refractivity contribution in [3.63, 3.8) is 0 Å². The molecule has 0 spiro atoms. The van der Waals surface area contributed by atoms with Gasteiger partial charge in [-0.1, -0.05) is 6.58 Å². The molecular weight excluding hydrogens is 134 g/mol. The van der Waals surface area contributed by atoms with Crippen molar-refractivity contribution < 1.29 is 14.6 Å². The minimum Gasteiger partial charge on any atom is -0.434 e. The highest BCUT2D eigenvalue weighted by Crippen LogP contribution is 1.96. The molecule has 4 heteroatoms. The van der Waals surface area contributed by atoms with E-state index in [0.29, 0.717) is 0 Å². The van der Waals surface area contributed by atoms with Crippen LogP contribution in [0.15, 0.2) is 12.3 Å². The summed E-state index contributed by atoms with van der Waals surface area (Å²) in [4.78, 5) is 12.2. The third-order valence-corrected chi connectivity index (χ3v) is 0.971. The van der Waals surface area contributed by atoms with Gasteiger partial charge in [0.2, 0.25) is 0 Å². The highest BCUT2D eigenvalue weighted by molar-refractivity contribution is 5.86. The van der Waals surface area contributed by atoms with E-state index in [1.165, 1.54) is 4.90 Å². The van der Waals surface area contributed by atoms with Crippen molar-refractivity contribution in [2.45, 2.75) is 0 Å². The van der Waals surface area contributed by atoms with Crippen molar-refractivity contribution in [1.29, 1.82) is 0 Å². The van der Waals surface area contributed by atoms with E-state index in [-0.39, 0.29) is 5.70 Å². The van der Waals surface area contributed by atoms with E-state index >= 15 is 0 Å². The van der Waals surface area contributed by atoms with Gasteiger partial charge in [-0.25, -0.2) is 4.79 Å². The van der Waals surface area contributed by atoms with E-state index in [4.69, 9.17) is 5.11 Å². The molecule has 0 aromatic carbocycles. The predicted octanol–water partition coefficient (Wildman–Crippen LogP) is -0.445. The summed E-state index contributed by atoms with van der Waals surface area (Å²) < 4.78 is 4.24. The van der Waals surface area contributed by atoms with Crippen LogP contribution in [0.4, 0.5) is 0 Å². The van der Waals surface area contributed by atoms with Crippen LogP contribution >= 0.6 is 0 Å². The summed E-state index contributed by atoms with van der Waals surface area (Å²) in [6.45, 7) is 2.81. The molecule has 0 aromatic heterocycles. The van der Waals surface area contributed by atoms with E-state index in [2.05, 4.69) is 11.3 Å². The first-order valence-electron chi connectivity index (χ1n) is 2.73. The molecule has 0 aliphatic rings. The summed E-state index contributed by atoms with van der Waals surface area (Å²) in [6.07, 6.45) is 0. The molecule has 0 radical (unpaired) electrons. The zero-order valence-corrected chi connectivity index (χ0v) is 6.13. The Morgan fingerprint density at radius 1 is 1.70 bits per heavy atom. The number of hydrogen-bond acceptors (Lipinski definition) is 4. The van der Waals surface area contributed by atoms with Gasteiger partial charge in [-0.05, 0) is 0 Å². The lowest BCUT2D eigenvalue weighted by atomic mass is 10.5. The lowest BCUT2D eigenvalue weighted by molar-refractivity contribution is -0.148. The molecule has 0 unspecified atom stereocenters. The third kappa shape index (κ3) is 2.50. The number of hydrogen-bond donors (Lipinski definition) is 1. The molecule has 1 N–H and O–H groups in total. The summed E-state index contributed by atoms with van der Waals surface area (Å²) in [5.41, 5.74) is 0.217. The molecule has 0 heterocycles. The molecule has 0 rings (SSSR count). The minimum atomic E-state index is -0.605. The monoisotopic (exact) mass is 145 g/mol. The van der Waals surface area contributed by atoms with Crippen LogP contribution in [-0.4, -0.2) is 36.9 Å². The van der Waals surface area contributed by atoms with Crippen LogP contribution < -0.4 is 0 Å². The second-order valence-electron chi connectivity index (χ2n) is 1.90. The molecule has 0 aliphatic heterocycles. The van der Waals surface area contributed by atoms with Gasteiger partial charge in [-0.15, -0.1) is 0 Å². The number of likely N-dealkylation sites (N-methyl/N-ethyl adjacent to an activating group) is 1. The van der Waals surface area contributed by atoms with Crippen LogP contribution in [0.3, 0.4) is 0 Å². The third-order valence-electron chi connectivity index (χ3n) is 0.971. The molecular formula is C6H11NO3. The van der Waals surface area contributed by atoms with E-state index in [1.807, 2.05) is 0 Å². The summed E-state index contributed by atoms with van der Waals surface area (Å²) >= 11 is 0. The molecule has 58 valence electrons. The van der Waals surface area contributed by atoms with Crippen LogP contribution in [0, 0.1) is 0 Å². The number of carbonyl (C=O) groups is 1. The highest BCUT2D eigenvalue weighted by Gasteiger charge is 2.08. The maximum atomic E-state index is 10.7. The van der Waals surface area contributed by atoms with Crippen molar-refractivity contribution in [3.8, 4) is 0 Å². The van der Waals surface area contributed by atoms with E-state index in [0.717, 1.165) is 0 Å². The number of carbonyl (C=O) groups excluding carboxylic acids is 1. The average Bonchev–Trinajstić information content (AvgIpc) is 1.87. The molecule has 0 amide bonds. The molecule has 0 aliphatic carbocycles. The van der Waals surface area contributed by atoms with Crippen LogP contribution in [0.5, 0.6) is 0 Å². The van der Waals surface area contributed by atoms with E-state index < -0.39 is 12.8 Å². The Bertz CT molecular complexity index is 142. The van der Waals surface area contributed by atoms with Crippen molar-refractivity contribution in [2.24, 2.45) is 0 Å². The zero-order chi connectivity index (χ0) is 8.15. The molecule has 0 saturated carbocycles. The van der Waals surface area contributed by atoms with Gasteiger partial charge in [0.05, 0.1) is 0 Å². The van der Waals surface area contributed by atoms with Gasteiger partial charge < -0.3 is 14.7 Å². The maximum Gasteiger partial charge on any atom is 0.356 e. The molecule has 0 saturated heterocycles. The maximum absolute atomic E-state index is 10.7. The van der Waals surface area contributed by atoms with Gasteiger partial charge in [-0.3, -0.25) is 0 Å². The fourth-order valence-corrected chi connectivity index (χ4v) is 0.325. The zero-order valence-electron chi connectivity index (χ0n) is 6.13. The number of ether oxygens (including phenoxy) is 1. The number of rotatable bonds is 3. The van der Waals surface area contributed by atoms with Crippen molar-refractivity contribution in [1.82, 2.24) is 4.90 Å². The predicted molar refractivity (Wildman–Crippen MR) is 36.0 cm³/mol. The number of aliphatic hydroxyl groups is 1. The number of nitrogens with zero attached hydrogens (tertiary/aromatic N) is 1. The largest absolute Gasteiger partial charge is 0.434 e. The molecule has 10 heavy (non-hydrogen) atoms. The minimum absolute atomic E-state index is 0.217. The average molecular weight is 145 g/mol. The Labute approximate surface area is 59.7 Å². The standard InChI is InChI=1S/C6H11NO3/c1-5(7(2)3)6(9)10-4-8/h8H,1,4H2,2-3H3. The Morgan fingerprint density at radius 3 is 2.50 bits per heavy atom. The quantitative estimate of drug-likeness (QED) is 0.332. The second-order valence-corrected chi connectivity index (χ2v) is 1.90. The van der Waals surface area contributed by atoms with Crippen molar-refractivity contribution in [3.05, 3.63) is 12.3 Å². The molecule has 0 atom stereocenters. The Hall–Kier alpha value is -1.03. The first-order chi connectivity index (χ1) is 4.59. The molecule has 0 fully saturated rings.